The van der Waals surface area contributed by atoms with E-state index in [1.807, 2.05) is 0 Å². The standard InChI is InChI=1S/C8H16N4O2/c1-11(14-2)5-8(13)6-12-4-7(9)3-10-12/h3-4,8,13H,5-6,9H2,1-2H3/t8-/m0/s1. The second-order valence-corrected chi connectivity index (χ2v) is 3.14. The first-order chi connectivity index (χ1) is 6.61. The molecule has 1 rings (SSSR count). The van der Waals surface area contributed by atoms with E-state index < -0.39 is 6.10 Å². The molecule has 0 fully saturated rings. The van der Waals surface area contributed by atoms with E-state index in [1.54, 1.807) is 36.3 Å². The Labute approximate surface area is 82.8 Å². The number of aliphatic hydroxyl groups is 1. The molecule has 1 aromatic heterocycles. The van der Waals surface area contributed by atoms with E-state index in [0.29, 0.717) is 18.8 Å². The van der Waals surface area contributed by atoms with Crippen LogP contribution >= 0.6 is 0 Å². The Kier molecular flexibility index (Phi) is 3.87. The van der Waals surface area contributed by atoms with Crippen LogP contribution in [0.15, 0.2) is 12.4 Å². The van der Waals surface area contributed by atoms with Crippen molar-refractivity contribution < 1.29 is 9.94 Å². The average Bonchev–Trinajstić information content (AvgIpc) is 2.50. The van der Waals surface area contributed by atoms with Crippen LogP contribution in [0.25, 0.3) is 0 Å². The number of likely N-dealkylation sites (N-methyl/N-ethyl adjacent to an activating group) is 1. The molecular formula is C8H16N4O2. The van der Waals surface area contributed by atoms with E-state index in [0.717, 1.165) is 0 Å². The third kappa shape index (κ3) is 3.33. The molecule has 0 aliphatic heterocycles. The van der Waals surface area contributed by atoms with Crippen molar-refractivity contribution in [3.05, 3.63) is 12.4 Å². The number of aliphatic hydroxyl groups excluding tert-OH is 1. The van der Waals surface area contributed by atoms with Crippen LogP contribution in [0, 0.1) is 0 Å². The molecule has 80 valence electrons. The lowest BCUT2D eigenvalue weighted by molar-refractivity contribution is -0.129. The third-order valence-corrected chi connectivity index (χ3v) is 1.83. The first-order valence-electron chi connectivity index (χ1n) is 4.33. The van der Waals surface area contributed by atoms with Gasteiger partial charge in [-0.15, -0.1) is 0 Å². The number of aromatic nitrogens is 2. The zero-order valence-corrected chi connectivity index (χ0v) is 8.42. The fourth-order valence-corrected chi connectivity index (χ4v) is 1.12. The van der Waals surface area contributed by atoms with Gasteiger partial charge >= 0.3 is 0 Å². The molecule has 1 aromatic rings. The summed E-state index contributed by atoms with van der Waals surface area (Å²) in [5.74, 6) is 0. The molecule has 0 unspecified atom stereocenters. The molecule has 0 saturated heterocycles. The predicted octanol–water partition coefficient (Wildman–Crippen LogP) is -0.681. The lowest BCUT2D eigenvalue weighted by Crippen LogP contribution is -2.31. The monoisotopic (exact) mass is 200 g/mol. The van der Waals surface area contributed by atoms with Crippen molar-refractivity contribution in [3.8, 4) is 0 Å². The molecular weight excluding hydrogens is 184 g/mol. The highest BCUT2D eigenvalue weighted by atomic mass is 16.7. The summed E-state index contributed by atoms with van der Waals surface area (Å²) in [6.07, 6.45) is 2.70. The Hall–Kier alpha value is -1.11. The SMILES string of the molecule is CON(C)C[C@H](O)Cn1cc(N)cn1. The highest BCUT2D eigenvalue weighted by Crippen LogP contribution is 2.00. The van der Waals surface area contributed by atoms with Crippen molar-refractivity contribution in [1.29, 1.82) is 0 Å². The minimum absolute atomic E-state index is 0.408. The Morgan fingerprint density at radius 2 is 2.50 bits per heavy atom. The number of rotatable bonds is 5. The summed E-state index contributed by atoms with van der Waals surface area (Å²) in [4.78, 5) is 4.88. The highest BCUT2D eigenvalue weighted by Gasteiger charge is 2.08. The Morgan fingerprint density at radius 1 is 1.79 bits per heavy atom. The maximum atomic E-state index is 9.59. The normalized spacial score (nSPS) is 13.4. The van der Waals surface area contributed by atoms with Crippen LogP contribution in [0.1, 0.15) is 0 Å². The van der Waals surface area contributed by atoms with E-state index >= 15 is 0 Å². The molecule has 0 amide bonds. The van der Waals surface area contributed by atoms with Gasteiger partial charge in [0.2, 0.25) is 0 Å². The van der Waals surface area contributed by atoms with Crippen molar-refractivity contribution in [2.45, 2.75) is 12.6 Å². The number of nitrogen functional groups attached to an aromatic ring is 1. The summed E-state index contributed by atoms with van der Waals surface area (Å²) in [6, 6.07) is 0. The Balaban J connectivity index is 2.37. The van der Waals surface area contributed by atoms with Gasteiger partial charge in [0.05, 0.1) is 38.2 Å². The van der Waals surface area contributed by atoms with Crippen LogP contribution in [0.4, 0.5) is 5.69 Å². The van der Waals surface area contributed by atoms with Gasteiger partial charge in [-0.3, -0.25) is 4.68 Å². The third-order valence-electron chi connectivity index (χ3n) is 1.83. The van der Waals surface area contributed by atoms with Gasteiger partial charge < -0.3 is 15.7 Å². The molecule has 6 heteroatoms. The molecule has 1 atom stereocenters. The lowest BCUT2D eigenvalue weighted by Gasteiger charge is -2.17. The lowest BCUT2D eigenvalue weighted by atomic mass is 10.3. The molecule has 6 nitrogen and oxygen atoms in total. The van der Waals surface area contributed by atoms with Gasteiger partial charge in [0.15, 0.2) is 0 Å². The van der Waals surface area contributed by atoms with Gasteiger partial charge in [-0.25, -0.2) is 0 Å². The molecule has 0 aliphatic carbocycles. The molecule has 14 heavy (non-hydrogen) atoms. The summed E-state index contributed by atoms with van der Waals surface area (Å²) in [5, 5.41) is 15.1. The first kappa shape index (κ1) is 11.0. The number of anilines is 1. The fourth-order valence-electron chi connectivity index (χ4n) is 1.12. The summed E-state index contributed by atoms with van der Waals surface area (Å²) < 4.78 is 1.60. The van der Waals surface area contributed by atoms with Crippen LogP contribution < -0.4 is 5.73 Å². The topological polar surface area (TPSA) is 76.5 Å². The maximum absolute atomic E-state index is 9.59. The van der Waals surface area contributed by atoms with Gasteiger partial charge in [-0.1, -0.05) is 0 Å². The van der Waals surface area contributed by atoms with Crippen LogP contribution in [0.5, 0.6) is 0 Å². The molecule has 0 aliphatic rings. The zero-order chi connectivity index (χ0) is 10.6. The van der Waals surface area contributed by atoms with Gasteiger partial charge in [0.1, 0.15) is 0 Å². The van der Waals surface area contributed by atoms with E-state index in [4.69, 9.17) is 10.6 Å². The second-order valence-electron chi connectivity index (χ2n) is 3.14. The minimum atomic E-state index is -0.528. The molecule has 0 bridgehead atoms. The van der Waals surface area contributed by atoms with Crippen LogP contribution in [-0.2, 0) is 11.4 Å². The number of nitrogens with zero attached hydrogens (tertiary/aromatic N) is 3. The summed E-state index contributed by atoms with van der Waals surface area (Å²) in [7, 11) is 3.30. The molecule has 0 saturated carbocycles. The van der Waals surface area contributed by atoms with Crippen LogP contribution in [0.3, 0.4) is 0 Å². The molecule has 3 N–H and O–H groups in total. The summed E-state index contributed by atoms with van der Waals surface area (Å²) in [5.41, 5.74) is 6.08. The Bertz CT molecular complexity index is 276. The van der Waals surface area contributed by atoms with Crippen LogP contribution in [-0.4, -0.2) is 46.8 Å². The van der Waals surface area contributed by atoms with Crippen molar-refractivity contribution in [3.63, 3.8) is 0 Å². The highest BCUT2D eigenvalue weighted by molar-refractivity contribution is 5.30. The first-order valence-corrected chi connectivity index (χ1v) is 4.33. The van der Waals surface area contributed by atoms with Crippen molar-refractivity contribution in [1.82, 2.24) is 14.8 Å². The average molecular weight is 200 g/mol. The molecule has 0 spiro atoms. The number of nitrogens with two attached hydrogens (primary N) is 1. The molecule has 1 heterocycles. The predicted molar refractivity (Wildman–Crippen MR) is 52.3 cm³/mol. The van der Waals surface area contributed by atoms with Crippen molar-refractivity contribution in [2.24, 2.45) is 0 Å². The van der Waals surface area contributed by atoms with E-state index in [1.165, 1.54) is 0 Å². The zero-order valence-electron chi connectivity index (χ0n) is 8.42. The quantitative estimate of drug-likeness (QED) is 0.616. The number of hydroxylamine groups is 2. The largest absolute Gasteiger partial charge is 0.396 e. The number of hydrogen-bond donors (Lipinski definition) is 2. The van der Waals surface area contributed by atoms with E-state index in [-0.39, 0.29) is 0 Å². The van der Waals surface area contributed by atoms with Crippen LogP contribution in [0.2, 0.25) is 0 Å². The fraction of sp³-hybridized carbons (Fsp3) is 0.625. The van der Waals surface area contributed by atoms with Gasteiger partial charge in [0, 0.05) is 13.2 Å². The molecule has 0 aromatic carbocycles. The van der Waals surface area contributed by atoms with Crippen molar-refractivity contribution in [2.75, 3.05) is 26.4 Å². The van der Waals surface area contributed by atoms with E-state index in [2.05, 4.69) is 5.10 Å². The van der Waals surface area contributed by atoms with Gasteiger partial charge in [0.25, 0.3) is 0 Å². The maximum Gasteiger partial charge on any atom is 0.0885 e. The smallest absolute Gasteiger partial charge is 0.0885 e. The van der Waals surface area contributed by atoms with Gasteiger partial charge in [-0.2, -0.15) is 10.2 Å². The van der Waals surface area contributed by atoms with E-state index in [9.17, 15) is 5.11 Å². The minimum Gasteiger partial charge on any atom is -0.396 e. The van der Waals surface area contributed by atoms with Gasteiger partial charge in [-0.05, 0) is 0 Å². The Morgan fingerprint density at radius 3 is 3.00 bits per heavy atom. The molecule has 0 radical (unpaired) electrons. The van der Waals surface area contributed by atoms with Crippen molar-refractivity contribution >= 4 is 5.69 Å². The summed E-state index contributed by atoms with van der Waals surface area (Å²) >= 11 is 0. The number of hydrogen-bond acceptors (Lipinski definition) is 5. The summed E-state index contributed by atoms with van der Waals surface area (Å²) in [6.45, 7) is 0.834. The second kappa shape index (κ2) is 4.94.